The van der Waals surface area contributed by atoms with Crippen molar-refractivity contribution in [3.8, 4) is 0 Å². The van der Waals surface area contributed by atoms with Crippen molar-refractivity contribution >= 4 is 5.97 Å². The van der Waals surface area contributed by atoms with Crippen LogP contribution < -0.4 is 0 Å². The first-order chi connectivity index (χ1) is 8.19. The molecule has 0 aromatic heterocycles. The number of carboxylic acid groups (broad SMARTS) is 1. The fraction of sp³-hybridized carbons (Fsp3) is 0.923. The van der Waals surface area contributed by atoms with E-state index in [4.69, 9.17) is 9.47 Å². The van der Waals surface area contributed by atoms with E-state index in [0.717, 1.165) is 12.8 Å². The van der Waals surface area contributed by atoms with Gasteiger partial charge in [-0.2, -0.15) is 0 Å². The largest absolute Gasteiger partial charge is 0.481 e. The molecule has 0 radical (unpaired) electrons. The maximum absolute atomic E-state index is 11.3. The van der Waals surface area contributed by atoms with Gasteiger partial charge in [-0.1, -0.05) is 12.8 Å². The van der Waals surface area contributed by atoms with Crippen LogP contribution in [0.2, 0.25) is 0 Å². The molecule has 0 aliphatic heterocycles. The molecule has 0 amide bonds. The molecular weight excluding hydrogens is 220 g/mol. The first-order valence-corrected chi connectivity index (χ1v) is 6.47. The van der Waals surface area contributed by atoms with Gasteiger partial charge in [0.05, 0.1) is 18.1 Å². The number of methoxy groups -OCH3 is 2. The van der Waals surface area contributed by atoms with Crippen LogP contribution in [0.15, 0.2) is 0 Å². The number of rotatable bonds is 3. The molecule has 4 nitrogen and oxygen atoms in total. The third-order valence-electron chi connectivity index (χ3n) is 4.55. The van der Waals surface area contributed by atoms with Crippen molar-refractivity contribution in [3.63, 3.8) is 0 Å². The maximum Gasteiger partial charge on any atom is 0.309 e. The molecule has 5 unspecified atom stereocenters. The van der Waals surface area contributed by atoms with Crippen LogP contribution in [-0.2, 0) is 14.3 Å². The summed E-state index contributed by atoms with van der Waals surface area (Å²) in [6, 6.07) is 0. The lowest BCUT2D eigenvalue weighted by Gasteiger charge is -2.47. The van der Waals surface area contributed by atoms with Gasteiger partial charge in [0.15, 0.2) is 0 Å². The zero-order valence-corrected chi connectivity index (χ0v) is 10.6. The minimum atomic E-state index is -0.747. The molecule has 5 atom stereocenters. The Kier molecular flexibility index (Phi) is 4.05. The molecule has 0 spiro atoms. The third-order valence-corrected chi connectivity index (χ3v) is 4.55. The Bertz CT molecular complexity index is 279. The number of carboxylic acids is 1. The van der Waals surface area contributed by atoms with Crippen LogP contribution in [0.4, 0.5) is 0 Å². The van der Waals surface area contributed by atoms with E-state index in [-0.39, 0.29) is 12.2 Å². The highest BCUT2D eigenvalue weighted by molar-refractivity contribution is 5.71. The minimum absolute atomic E-state index is 0.0906. The van der Waals surface area contributed by atoms with E-state index in [9.17, 15) is 9.90 Å². The second kappa shape index (κ2) is 5.36. The summed E-state index contributed by atoms with van der Waals surface area (Å²) in [4.78, 5) is 11.3. The average Bonchev–Trinajstić information content (AvgIpc) is 2.36. The number of carbonyl (C=O) groups is 1. The van der Waals surface area contributed by atoms with E-state index in [1.807, 2.05) is 0 Å². The molecule has 0 aromatic rings. The molecule has 2 rings (SSSR count). The van der Waals surface area contributed by atoms with Crippen LogP contribution in [0.25, 0.3) is 0 Å². The first-order valence-electron chi connectivity index (χ1n) is 6.47. The molecule has 0 bridgehead atoms. The Morgan fingerprint density at radius 3 is 2.29 bits per heavy atom. The SMILES string of the molecule is COC1CC(C(=O)O)C(OC)C2CCCCC12. The fourth-order valence-corrected chi connectivity index (χ4v) is 3.77. The van der Waals surface area contributed by atoms with Crippen LogP contribution in [0, 0.1) is 17.8 Å². The third kappa shape index (κ3) is 2.33. The summed E-state index contributed by atoms with van der Waals surface area (Å²) in [5.74, 6) is -0.324. The normalized spacial score (nSPS) is 41.9. The number of hydrogen-bond donors (Lipinski definition) is 1. The van der Waals surface area contributed by atoms with Crippen LogP contribution in [0.1, 0.15) is 32.1 Å². The minimum Gasteiger partial charge on any atom is -0.481 e. The molecule has 0 heterocycles. The van der Waals surface area contributed by atoms with E-state index in [1.54, 1.807) is 14.2 Å². The van der Waals surface area contributed by atoms with E-state index in [1.165, 1.54) is 12.8 Å². The summed E-state index contributed by atoms with van der Waals surface area (Å²) in [7, 11) is 3.34. The van der Waals surface area contributed by atoms with Gasteiger partial charge in [0.2, 0.25) is 0 Å². The molecule has 2 aliphatic rings. The zero-order valence-electron chi connectivity index (χ0n) is 10.6. The zero-order chi connectivity index (χ0) is 12.4. The molecule has 0 aromatic carbocycles. The van der Waals surface area contributed by atoms with Crippen molar-refractivity contribution in [2.75, 3.05) is 14.2 Å². The number of ether oxygens (including phenoxy) is 2. The summed E-state index contributed by atoms with van der Waals surface area (Å²) in [5, 5.41) is 9.31. The van der Waals surface area contributed by atoms with Crippen molar-refractivity contribution in [2.24, 2.45) is 17.8 Å². The van der Waals surface area contributed by atoms with E-state index >= 15 is 0 Å². The van der Waals surface area contributed by atoms with Crippen molar-refractivity contribution in [2.45, 2.75) is 44.3 Å². The van der Waals surface area contributed by atoms with Crippen molar-refractivity contribution in [3.05, 3.63) is 0 Å². The molecule has 17 heavy (non-hydrogen) atoms. The van der Waals surface area contributed by atoms with Gasteiger partial charge in [0.25, 0.3) is 0 Å². The van der Waals surface area contributed by atoms with Crippen molar-refractivity contribution in [1.82, 2.24) is 0 Å². The van der Waals surface area contributed by atoms with E-state index in [0.29, 0.717) is 18.3 Å². The highest BCUT2D eigenvalue weighted by Gasteiger charge is 2.48. The molecule has 2 saturated carbocycles. The summed E-state index contributed by atoms with van der Waals surface area (Å²) in [6.45, 7) is 0. The number of aliphatic carboxylic acids is 1. The lowest BCUT2D eigenvalue weighted by Crippen LogP contribution is -2.51. The maximum atomic E-state index is 11.3. The monoisotopic (exact) mass is 242 g/mol. The molecule has 2 fully saturated rings. The summed E-state index contributed by atoms with van der Waals surface area (Å²) >= 11 is 0. The quantitative estimate of drug-likeness (QED) is 0.821. The molecule has 98 valence electrons. The van der Waals surface area contributed by atoms with Crippen molar-refractivity contribution < 1.29 is 19.4 Å². The topological polar surface area (TPSA) is 55.8 Å². The Hall–Kier alpha value is -0.610. The smallest absolute Gasteiger partial charge is 0.309 e. The Morgan fingerprint density at radius 1 is 1.12 bits per heavy atom. The van der Waals surface area contributed by atoms with E-state index < -0.39 is 11.9 Å². The number of fused-ring (bicyclic) bond motifs is 1. The molecule has 1 N–H and O–H groups in total. The second-order valence-electron chi connectivity index (χ2n) is 5.27. The van der Waals surface area contributed by atoms with Gasteiger partial charge in [-0.15, -0.1) is 0 Å². The number of hydrogen-bond acceptors (Lipinski definition) is 3. The second-order valence-corrected chi connectivity index (χ2v) is 5.27. The van der Waals surface area contributed by atoms with Crippen molar-refractivity contribution in [1.29, 1.82) is 0 Å². The van der Waals surface area contributed by atoms with Gasteiger partial charge >= 0.3 is 5.97 Å². The Balaban J connectivity index is 2.20. The van der Waals surface area contributed by atoms with Gasteiger partial charge in [-0.05, 0) is 31.1 Å². The van der Waals surface area contributed by atoms with Gasteiger partial charge in [0, 0.05) is 14.2 Å². The summed E-state index contributed by atoms with van der Waals surface area (Å²) in [6.07, 6.45) is 5.18. The van der Waals surface area contributed by atoms with Gasteiger partial charge in [-0.25, -0.2) is 0 Å². The standard InChI is InChI=1S/C13H22O4/c1-16-11-7-10(13(14)15)12(17-2)9-6-4-3-5-8(9)11/h8-12H,3-7H2,1-2H3,(H,14,15). The summed E-state index contributed by atoms with van der Waals surface area (Å²) in [5.41, 5.74) is 0. The molecule has 2 aliphatic carbocycles. The highest BCUT2D eigenvalue weighted by atomic mass is 16.5. The van der Waals surface area contributed by atoms with Gasteiger partial charge < -0.3 is 14.6 Å². The predicted octanol–water partition coefficient (Wildman–Crippen LogP) is 1.93. The first kappa shape index (κ1) is 12.8. The van der Waals surface area contributed by atoms with Gasteiger partial charge in [-0.3, -0.25) is 4.79 Å². The lowest BCUT2D eigenvalue weighted by molar-refractivity contribution is -0.165. The van der Waals surface area contributed by atoms with E-state index in [2.05, 4.69) is 0 Å². The lowest BCUT2D eigenvalue weighted by atomic mass is 9.64. The molecule has 4 heteroatoms. The van der Waals surface area contributed by atoms with Crippen LogP contribution in [-0.4, -0.2) is 37.5 Å². The van der Waals surface area contributed by atoms with Crippen LogP contribution >= 0.6 is 0 Å². The Morgan fingerprint density at radius 2 is 1.76 bits per heavy atom. The fourth-order valence-electron chi connectivity index (χ4n) is 3.77. The summed E-state index contributed by atoms with van der Waals surface area (Å²) < 4.78 is 11.0. The average molecular weight is 242 g/mol. The predicted molar refractivity (Wildman–Crippen MR) is 62.8 cm³/mol. The van der Waals surface area contributed by atoms with Gasteiger partial charge in [0.1, 0.15) is 0 Å². The molecular formula is C13H22O4. The highest BCUT2D eigenvalue weighted by Crippen LogP contribution is 2.45. The van der Waals surface area contributed by atoms with Crippen LogP contribution in [0.5, 0.6) is 0 Å². The Labute approximate surface area is 102 Å². The van der Waals surface area contributed by atoms with Crippen LogP contribution in [0.3, 0.4) is 0 Å². The molecule has 0 saturated heterocycles.